The largest absolute Gasteiger partial charge is 0.268 e. The number of anilines is 2. The van der Waals surface area contributed by atoms with Crippen molar-refractivity contribution in [2.75, 3.05) is 10.3 Å². The van der Waals surface area contributed by atoms with E-state index in [1.54, 1.807) is 36.4 Å². The van der Waals surface area contributed by atoms with Crippen LogP contribution in [0.15, 0.2) is 137 Å². The lowest BCUT2D eigenvalue weighted by Gasteiger charge is -2.14. The van der Waals surface area contributed by atoms with Gasteiger partial charge in [0, 0.05) is 5.56 Å². The van der Waals surface area contributed by atoms with Crippen LogP contribution in [-0.4, -0.2) is 22.5 Å². The molecule has 9 heteroatoms. The third-order valence-electron chi connectivity index (χ3n) is 7.30. The summed E-state index contributed by atoms with van der Waals surface area (Å²) < 4.78 is 0. The number of fused-ring (bicyclic) bond motifs is 2. The Hall–Kier alpha value is -5.80. The maximum Gasteiger partial charge on any atom is 0.266 e. The summed E-state index contributed by atoms with van der Waals surface area (Å²) in [5, 5.41) is 17.0. The van der Waals surface area contributed by atoms with E-state index in [0.717, 1.165) is 27.6 Å². The van der Waals surface area contributed by atoms with Crippen molar-refractivity contribution in [3.8, 4) is 11.3 Å². The zero-order valence-corrected chi connectivity index (χ0v) is 24.3. The molecule has 0 spiro atoms. The quantitative estimate of drug-likeness (QED) is 0.0865. The molecule has 1 aliphatic rings. The second-order valence-electron chi connectivity index (χ2n) is 10.1. The molecule has 2 amide bonds. The molecular formula is C35H24N6O2S. The van der Waals surface area contributed by atoms with Crippen LogP contribution in [0.1, 0.15) is 33.2 Å². The number of nitrogens with one attached hydrogen (secondary N) is 1. The maximum atomic E-state index is 12.9. The van der Waals surface area contributed by atoms with Crippen molar-refractivity contribution in [2.24, 2.45) is 15.3 Å². The highest BCUT2D eigenvalue weighted by molar-refractivity contribution is 7.19. The van der Waals surface area contributed by atoms with Crippen molar-refractivity contribution >= 4 is 61.1 Å². The van der Waals surface area contributed by atoms with Gasteiger partial charge in [-0.05, 0) is 65.7 Å². The molecule has 1 aromatic heterocycles. The summed E-state index contributed by atoms with van der Waals surface area (Å²) in [5.74, 6) is -0.645. The van der Waals surface area contributed by atoms with Gasteiger partial charge in [0.1, 0.15) is 5.69 Å². The normalized spacial score (nSPS) is 13.2. The van der Waals surface area contributed by atoms with Crippen molar-refractivity contribution in [3.05, 3.63) is 138 Å². The third kappa shape index (κ3) is 5.16. The van der Waals surface area contributed by atoms with E-state index in [9.17, 15) is 9.59 Å². The first-order chi connectivity index (χ1) is 21.5. The summed E-state index contributed by atoms with van der Waals surface area (Å²) in [6.07, 6.45) is 0. The number of nitrogens with zero attached hydrogens (tertiary/aromatic N) is 5. The van der Waals surface area contributed by atoms with Crippen LogP contribution >= 0.6 is 11.3 Å². The highest BCUT2D eigenvalue weighted by Crippen LogP contribution is 2.40. The van der Waals surface area contributed by atoms with Crippen LogP contribution in [0, 0.1) is 0 Å². The Morgan fingerprint density at radius 1 is 0.727 bits per heavy atom. The standard InChI is InChI=1S/C35H24N6O2S/c1-22(23-17-19-28(20-18-23)41-33(42)29-13-7-8-14-30(29)34(41)43)37-40-35-36-31(26-16-15-24-9-5-6-10-25(24)21-26)32(44-35)39-38-27-11-3-2-4-12-27/h2-21H,1H3,(H,36,40). The average molecular weight is 593 g/mol. The number of carbonyl (C=O) groups is 2. The highest BCUT2D eigenvalue weighted by Gasteiger charge is 2.36. The molecule has 8 nitrogen and oxygen atoms in total. The molecule has 0 saturated carbocycles. The van der Waals surface area contributed by atoms with E-state index in [1.165, 1.54) is 16.2 Å². The van der Waals surface area contributed by atoms with Gasteiger partial charge in [0.15, 0.2) is 5.00 Å². The Bertz CT molecular complexity index is 2070. The minimum Gasteiger partial charge on any atom is -0.268 e. The number of rotatable bonds is 7. The van der Waals surface area contributed by atoms with Gasteiger partial charge in [-0.15, -0.1) is 10.2 Å². The summed E-state index contributed by atoms with van der Waals surface area (Å²) in [5.41, 5.74) is 8.33. The Balaban J connectivity index is 1.14. The molecule has 212 valence electrons. The lowest BCUT2D eigenvalue weighted by Crippen LogP contribution is -2.29. The van der Waals surface area contributed by atoms with E-state index in [0.29, 0.717) is 38.4 Å². The monoisotopic (exact) mass is 592 g/mol. The smallest absolute Gasteiger partial charge is 0.266 e. The van der Waals surface area contributed by atoms with Crippen LogP contribution in [0.3, 0.4) is 0 Å². The molecule has 44 heavy (non-hydrogen) atoms. The SMILES string of the molecule is CC(=NNc1nc(-c2ccc3ccccc3c2)c(N=Nc2ccccc2)s1)c1ccc(N2C(=O)c3ccccc3C2=O)cc1. The summed E-state index contributed by atoms with van der Waals surface area (Å²) in [6.45, 7) is 1.87. The summed E-state index contributed by atoms with van der Waals surface area (Å²) >= 11 is 1.36. The van der Waals surface area contributed by atoms with Crippen LogP contribution in [0.25, 0.3) is 22.0 Å². The highest BCUT2D eigenvalue weighted by atomic mass is 32.1. The lowest BCUT2D eigenvalue weighted by atomic mass is 10.1. The predicted octanol–water partition coefficient (Wildman–Crippen LogP) is 9.02. The number of thiazole rings is 1. The van der Waals surface area contributed by atoms with E-state index in [-0.39, 0.29) is 11.8 Å². The molecule has 0 radical (unpaired) electrons. The zero-order valence-electron chi connectivity index (χ0n) is 23.5. The molecule has 1 aliphatic heterocycles. The van der Waals surface area contributed by atoms with E-state index in [2.05, 4.69) is 45.0 Å². The van der Waals surface area contributed by atoms with Crippen LogP contribution in [0.4, 0.5) is 21.5 Å². The topological polar surface area (TPSA) is 99.4 Å². The van der Waals surface area contributed by atoms with E-state index >= 15 is 0 Å². The van der Waals surface area contributed by atoms with Gasteiger partial charge in [0.05, 0.1) is 28.2 Å². The molecule has 0 unspecified atom stereocenters. The van der Waals surface area contributed by atoms with Crippen LogP contribution < -0.4 is 10.3 Å². The Labute approximate surface area is 257 Å². The second kappa shape index (κ2) is 11.5. The number of amides is 2. The minimum atomic E-state index is -0.323. The van der Waals surface area contributed by atoms with Crippen molar-refractivity contribution in [3.63, 3.8) is 0 Å². The van der Waals surface area contributed by atoms with Gasteiger partial charge < -0.3 is 0 Å². The molecule has 0 atom stereocenters. The van der Waals surface area contributed by atoms with Crippen LogP contribution in [0.5, 0.6) is 0 Å². The fourth-order valence-electron chi connectivity index (χ4n) is 5.02. The Morgan fingerprint density at radius 2 is 1.39 bits per heavy atom. The van der Waals surface area contributed by atoms with Crippen molar-refractivity contribution in [2.45, 2.75) is 6.92 Å². The first-order valence-electron chi connectivity index (χ1n) is 13.9. The summed E-state index contributed by atoms with van der Waals surface area (Å²) in [4.78, 5) is 31.8. The molecule has 7 rings (SSSR count). The van der Waals surface area contributed by atoms with Gasteiger partial charge in [-0.3, -0.25) is 15.0 Å². The Morgan fingerprint density at radius 3 is 2.11 bits per heavy atom. The number of aromatic nitrogens is 1. The fourth-order valence-corrected chi connectivity index (χ4v) is 5.77. The molecule has 5 aromatic carbocycles. The Kier molecular flexibility index (Phi) is 7.05. The maximum absolute atomic E-state index is 12.9. The van der Waals surface area contributed by atoms with Crippen molar-refractivity contribution in [1.29, 1.82) is 0 Å². The molecule has 2 heterocycles. The number of imide groups is 1. The third-order valence-corrected chi connectivity index (χ3v) is 8.15. The van der Waals surface area contributed by atoms with Gasteiger partial charge in [0.2, 0.25) is 5.13 Å². The molecule has 0 saturated heterocycles. The van der Waals surface area contributed by atoms with Gasteiger partial charge in [-0.2, -0.15) is 5.10 Å². The van der Waals surface area contributed by atoms with Gasteiger partial charge in [-0.25, -0.2) is 9.88 Å². The lowest BCUT2D eigenvalue weighted by molar-refractivity contribution is 0.0926. The molecule has 6 aromatic rings. The molecule has 0 bridgehead atoms. The van der Waals surface area contributed by atoms with Crippen LogP contribution in [-0.2, 0) is 0 Å². The number of hydrazone groups is 1. The average Bonchev–Trinajstić information content (AvgIpc) is 3.60. The molecule has 0 fully saturated rings. The molecule has 1 N–H and O–H groups in total. The van der Waals surface area contributed by atoms with E-state index < -0.39 is 0 Å². The molecular weight excluding hydrogens is 568 g/mol. The van der Waals surface area contributed by atoms with Crippen LogP contribution in [0.2, 0.25) is 0 Å². The summed E-state index contributed by atoms with van der Waals surface area (Å²) in [6, 6.07) is 38.0. The van der Waals surface area contributed by atoms with Gasteiger partial charge in [-0.1, -0.05) is 90.2 Å². The van der Waals surface area contributed by atoms with Gasteiger partial charge >= 0.3 is 0 Å². The fraction of sp³-hybridized carbons (Fsp3) is 0.0286. The zero-order chi connectivity index (χ0) is 30.0. The first kappa shape index (κ1) is 27.1. The van der Waals surface area contributed by atoms with E-state index in [4.69, 9.17) is 4.98 Å². The minimum absolute atomic E-state index is 0.323. The number of benzene rings is 5. The predicted molar refractivity (Wildman–Crippen MR) is 176 cm³/mol. The number of azo groups is 1. The van der Waals surface area contributed by atoms with Crippen molar-refractivity contribution in [1.82, 2.24) is 4.98 Å². The van der Waals surface area contributed by atoms with E-state index in [1.807, 2.05) is 67.6 Å². The summed E-state index contributed by atoms with van der Waals surface area (Å²) in [7, 11) is 0. The number of carbonyl (C=O) groups excluding carboxylic acids is 2. The first-order valence-corrected chi connectivity index (χ1v) is 14.7. The van der Waals surface area contributed by atoms with Crippen molar-refractivity contribution < 1.29 is 9.59 Å². The molecule has 0 aliphatic carbocycles. The number of hydrogen-bond acceptors (Lipinski definition) is 8. The van der Waals surface area contributed by atoms with Gasteiger partial charge in [0.25, 0.3) is 11.8 Å². The number of hydrogen-bond donors (Lipinski definition) is 1. The second-order valence-corrected chi connectivity index (χ2v) is 11.1.